The molecule has 25 aliphatic rings. The molecule has 8 N–H and O–H groups in total. The molecule has 1 saturated heterocycles. The molecule has 12 atom stereocenters. The van der Waals surface area contributed by atoms with Gasteiger partial charge in [-0.05, 0) is 435 Å². The molecule has 0 aromatic heterocycles. The van der Waals surface area contributed by atoms with Crippen LogP contribution in [0.15, 0.2) is 48.6 Å². The van der Waals surface area contributed by atoms with Crippen LogP contribution in [0.2, 0.25) is 0 Å². The van der Waals surface area contributed by atoms with Gasteiger partial charge in [-0.1, -0.05) is 33.7 Å². The average Bonchev–Trinajstić information content (AvgIpc) is 1.07. The first-order valence-electron chi connectivity index (χ1n) is 52.2. The van der Waals surface area contributed by atoms with Crippen LogP contribution in [0, 0.1) is 122 Å². The van der Waals surface area contributed by atoms with Gasteiger partial charge in [0.15, 0.2) is 0 Å². The number of carbonyl (C=O) groups excluding carboxylic acids is 10. The number of methoxy groups -OCH3 is 1. The number of aliphatic hydroxyl groups excluding tert-OH is 1. The Morgan fingerprint density at radius 1 is 0.408 bits per heavy atom. The van der Waals surface area contributed by atoms with E-state index in [0.29, 0.717) is 119 Å². The predicted molar refractivity (Wildman–Crippen MR) is 551 cm³/mol. The van der Waals surface area contributed by atoms with Crippen LogP contribution in [0.1, 0.15) is 375 Å². The number of aliphatic hydroxyl groups is 6. The summed E-state index contributed by atoms with van der Waals surface area (Å²) in [5.74, 6) is 1.03. The Hall–Kier alpha value is -6.15. The van der Waals surface area contributed by atoms with Gasteiger partial charge in [0.2, 0.25) is 10.5 Å². The molecule has 24 saturated carbocycles. The molecule has 24 aliphatic carbocycles. The van der Waals surface area contributed by atoms with Crippen molar-refractivity contribution in [3.05, 3.63) is 56.0 Å². The van der Waals surface area contributed by atoms with E-state index in [1.165, 1.54) is 46.1 Å². The number of esters is 8. The first-order valence-corrected chi connectivity index (χ1v) is 52.9. The van der Waals surface area contributed by atoms with Crippen molar-refractivity contribution in [2.45, 2.75) is 431 Å². The number of carbonyl (C=O) groups is 12. The van der Waals surface area contributed by atoms with Gasteiger partial charge in [-0.15, -0.1) is 0 Å². The fourth-order valence-electron chi connectivity index (χ4n) is 32.1. The van der Waals surface area contributed by atoms with Crippen LogP contribution in [0.4, 0.5) is 0 Å². The van der Waals surface area contributed by atoms with E-state index in [1.54, 1.807) is 47.6 Å². The molecule has 34 heteroatoms. The zero-order valence-electron chi connectivity index (χ0n) is 90.5. The third-order valence-corrected chi connectivity index (χ3v) is 36.1. The number of carboxylic acid groups (broad SMARTS) is 2. The summed E-state index contributed by atoms with van der Waals surface area (Å²) in [7, 11) is 2.46. The van der Waals surface area contributed by atoms with Gasteiger partial charge >= 0.3 is 82.7 Å². The Morgan fingerprint density at radius 2 is 0.660 bits per heavy atom. The summed E-state index contributed by atoms with van der Waals surface area (Å²) in [6.45, 7) is 43.6. The summed E-state index contributed by atoms with van der Waals surface area (Å²) >= 11 is 9.74. The van der Waals surface area contributed by atoms with E-state index in [4.69, 9.17) is 76.6 Å². The Bertz CT molecular complexity index is 4620. The number of nitriles is 1. The number of hydrogen-bond acceptors (Lipinski definition) is 28. The van der Waals surface area contributed by atoms with Gasteiger partial charge in [0, 0.05) is 71.2 Å². The summed E-state index contributed by atoms with van der Waals surface area (Å²) < 4.78 is 48.4. The SMILES string of the molecule is C.C1CCOC1.C=C(C)C(=O)Cl.C=C(C)C(=O)OC12CC3CC(C1)CC(C(C)(C)O)(C3)C2.C=C(C)C(=O)OC12CC3CC(C1)CC(C(C)(C)OC(=O)CC(=O)O)(C3)C2.C=C(C)C(=O)OC12CC3CC(C1)CC(C(C)(C)OC(=O)CC(=O)OCC)(C3)C2.CC#N.CC(C)(O)C12CC3CC(CC(O)(C3)C1)C2.CCOC(=O)CC(=O)Cl.CO.COC(=O)C12CC3CC(CC(O)(C3)C1)C2.O=C(O)C12CC3CC(CC(O)(C3)C1)C2.[CH3-].[Cl-].[Mg+2]. The number of nitrogens with zero attached hydrogens (tertiary/aromatic N) is 1. The first kappa shape index (κ1) is 131. The predicted octanol–water partition coefficient (Wildman–Crippen LogP) is 15.8. The summed E-state index contributed by atoms with van der Waals surface area (Å²) in [6.07, 6.45) is 35.0. The van der Waals surface area contributed by atoms with Crippen LogP contribution >= 0.6 is 23.2 Å². The molecule has 0 aromatic rings. The number of allylic oxidation sites excluding steroid dienone is 1. The molecule has 830 valence electrons. The van der Waals surface area contributed by atoms with E-state index in [2.05, 4.69) is 31.1 Å². The molecule has 25 fully saturated rings. The topological polar surface area (TPSA) is 474 Å². The normalized spacial score (nSPS) is 36.1. The van der Waals surface area contributed by atoms with Crippen LogP contribution in [0.3, 0.4) is 0 Å². The smallest absolute Gasteiger partial charge is 1.00 e. The molecule has 0 aromatic carbocycles. The van der Waals surface area contributed by atoms with Crippen LogP contribution in [-0.4, -0.2) is 231 Å². The Kier molecular flexibility index (Phi) is 46.0. The van der Waals surface area contributed by atoms with Crippen LogP contribution < -0.4 is 12.4 Å². The number of rotatable bonds is 23. The summed E-state index contributed by atoms with van der Waals surface area (Å²) in [4.78, 5) is 137. The van der Waals surface area contributed by atoms with Gasteiger partial charge in [0.1, 0.15) is 47.3 Å². The van der Waals surface area contributed by atoms with Crippen LogP contribution in [0.5, 0.6) is 0 Å². The van der Waals surface area contributed by atoms with E-state index in [9.17, 15) is 88.2 Å². The zero-order chi connectivity index (χ0) is 107. The van der Waals surface area contributed by atoms with Crippen molar-refractivity contribution in [1.82, 2.24) is 0 Å². The third-order valence-electron chi connectivity index (χ3n) is 35.7. The molecular formula is C113H176Cl3MgNO29. The summed E-state index contributed by atoms with van der Waals surface area (Å²) in [6, 6.07) is 1.75. The maximum absolute atomic E-state index is 12.4. The van der Waals surface area contributed by atoms with Gasteiger partial charge in [0.25, 0.3) is 0 Å². The van der Waals surface area contributed by atoms with Gasteiger partial charge in [-0.2, -0.15) is 5.26 Å². The number of carboxylic acids is 2. The molecule has 24 bridgehead atoms. The summed E-state index contributed by atoms with van der Waals surface area (Å²) in [5, 5.41) is 83.5. The van der Waals surface area contributed by atoms with E-state index in [-0.39, 0.29) is 133 Å². The van der Waals surface area contributed by atoms with E-state index in [0.717, 1.165) is 207 Å². The standard InChI is InChI=1S/C22H32O6.C20H28O6.C17H26O3.C13H22O2.C12H18O3.C11H16O3.C5H7ClO3.C4H5ClO.C4H8O.C2H3N.CH4O.CH4.CH3.ClH.Mg/c1-6-26-17(23)8-18(24)27-20(4,5)21-9-15-7-16(10-21)12-22(11-15,13-21)28-19(25)14(2)3;1-12(2)17(24)26-20-9-13-5-14(10-20)8-19(7-13,11-20)18(3,4)25-16(23)6-15(21)22;1-11(2)14(18)20-17-8-12-5-13(9-17)7-16(6-12,10-17)15(3,4)19;1-11(2,14)12-4-9-3-10(5-12)7-13(15,6-9)8-12;1-15-10(13)11-3-8-2-9(4-11)6-12(14,5-8)7-11;12-9(13)10-2-7-1-8(3-10)5-11(14,4-7)6-10;1-2-9-5(8)3-4(6)7;1-3(2)4(5)6;1-2-4-5-3-1;1-2-3;1-2;;;;/h15-16H,2,6-13H2,1,3-5H3;13-14H,1,5-11H2,2-4H3,(H,21,22);12-13,19H,1,5-10H2,2-4H3;9-10,14-15H,3-8H2,1-2H3;8-9,14H,2-7H2,1H3;7-8,14H,1-6H2,(H,12,13);2-3H2,1H3;1H2,2H3;1-4H2;1H3;2H,1H3;1H4;1H3;1H;/q;;;;;;;;;;;;-1;;+2/p-1. The van der Waals surface area contributed by atoms with E-state index >= 15 is 0 Å². The van der Waals surface area contributed by atoms with E-state index < -0.39 is 109 Å². The minimum absolute atomic E-state index is 0. The second-order valence-corrected chi connectivity index (χ2v) is 50.3. The van der Waals surface area contributed by atoms with Crippen molar-refractivity contribution in [3.8, 4) is 6.07 Å². The Labute approximate surface area is 906 Å². The zero-order valence-corrected chi connectivity index (χ0v) is 94.2. The fraction of sp³-hybridized carbons (Fsp3) is 0.805. The Morgan fingerprint density at radius 3 is 0.898 bits per heavy atom. The molecule has 25 rings (SSSR count). The van der Waals surface area contributed by atoms with Crippen LogP contribution in [-0.2, 0) is 100 Å². The quantitative estimate of drug-likeness (QED) is 0.00896. The molecule has 0 radical (unpaired) electrons. The minimum atomic E-state index is -1.19. The summed E-state index contributed by atoms with van der Waals surface area (Å²) in [5.41, 5.74) is -5.76. The fourth-order valence-corrected chi connectivity index (χ4v) is 32.2. The number of halogens is 3. The van der Waals surface area contributed by atoms with Crippen LogP contribution in [0.25, 0.3) is 0 Å². The molecule has 1 heterocycles. The van der Waals surface area contributed by atoms with Gasteiger partial charge in [-0.3, -0.25) is 43.2 Å². The molecular weight excluding hydrogens is 1970 g/mol. The average molecular weight is 2140 g/mol. The van der Waals surface area contributed by atoms with Gasteiger partial charge < -0.3 is 103 Å². The van der Waals surface area contributed by atoms with Crippen molar-refractivity contribution in [3.63, 3.8) is 0 Å². The van der Waals surface area contributed by atoms with Gasteiger partial charge in [-0.25, -0.2) is 14.4 Å². The number of hydrogen-bond donors (Lipinski definition) is 8. The largest absolute Gasteiger partial charge is 2.00 e. The van der Waals surface area contributed by atoms with Crippen molar-refractivity contribution in [1.29, 1.82) is 5.26 Å². The molecule has 1 aliphatic heterocycles. The Balaban J connectivity index is 0.000000298. The van der Waals surface area contributed by atoms with E-state index in [1.807, 2.05) is 55.4 Å². The van der Waals surface area contributed by atoms with Crippen molar-refractivity contribution in [2.24, 2.45) is 104 Å². The van der Waals surface area contributed by atoms with Crippen molar-refractivity contribution < 1.29 is 153 Å². The van der Waals surface area contributed by atoms with Crippen molar-refractivity contribution >= 4 is 116 Å². The second-order valence-electron chi connectivity index (χ2n) is 49.5. The maximum atomic E-state index is 12.4. The number of aliphatic carboxylic acids is 2. The molecule has 147 heavy (non-hydrogen) atoms. The molecule has 0 spiro atoms. The maximum Gasteiger partial charge on any atom is 2.00 e. The number of ether oxygens (including phenoxy) is 9. The second kappa shape index (κ2) is 51.5. The molecule has 0 amide bonds. The van der Waals surface area contributed by atoms with Gasteiger partial charge in [0.05, 0.1) is 65.2 Å². The first-order chi connectivity index (χ1) is 66.2. The molecule has 30 nitrogen and oxygen atoms in total. The van der Waals surface area contributed by atoms with Crippen molar-refractivity contribution in [2.75, 3.05) is 40.6 Å². The monoisotopic (exact) mass is 2140 g/mol. The molecule has 12 unspecified atom stereocenters. The minimum Gasteiger partial charge on any atom is -1.00 e. The third kappa shape index (κ3) is 32.1.